The summed E-state index contributed by atoms with van der Waals surface area (Å²) in [5.41, 5.74) is 2.90. The fourth-order valence-corrected chi connectivity index (χ4v) is 4.35. The average molecular weight is 461 g/mol. The third-order valence-corrected chi connectivity index (χ3v) is 6.18. The van der Waals surface area contributed by atoms with Gasteiger partial charge in [0.2, 0.25) is 0 Å². The summed E-state index contributed by atoms with van der Waals surface area (Å²) in [6, 6.07) is 20.1. The molecular formula is C25H24N4O3S. The fourth-order valence-electron chi connectivity index (χ4n) is 3.32. The van der Waals surface area contributed by atoms with Crippen LogP contribution in [0, 0.1) is 6.92 Å². The third kappa shape index (κ3) is 5.35. The molecule has 0 spiro atoms. The molecule has 1 N–H and O–H groups in total. The molecule has 0 aliphatic carbocycles. The molecule has 0 saturated heterocycles. The molecule has 33 heavy (non-hydrogen) atoms. The first-order valence-corrected chi connectivity index (χ1v) is 11.5. The highest BCUT2D eigenvalue weighted by atomic mass is 32.1. The fraction of sp³-hybridized carbons (Fsp3) is 0.200. The molecule has 1 amide bonds. The Morgan fingerprint density at radius 1 is 1.06 bits per heavy atom. The van der Waals surface area contributed by atoms with Crippen LogP contribution in [-0.2, 0) is 6.54 Å². The lowest BCUT2D eigenvalue weighted by Gasteiger charge is -2.09. The number of hydrogen-bond acceptors (Lipinski definition) is 6. The zero-order valence-electron chi connectivity index (χ0n) is 18.4. The second-order valence-corrected chi connectivity index (χ2v) is 8.29. The minimum atomic E-state index is -0.223. The van der Waals surface area contributed by atoms with Crippen LogP contribution in [0.15, 0.2) is 71.5 Å². The monoisotopic (exact) mass is 460 g/mol. The molecule has 168 valence electrons. The predicted octanol–water partition coefficient (Wildman–Crippen LogP) is 4.17. The lowest BCUT2D eigenvalue weighted by atomic mass is 10.2. The number of rotatable bonds is 8. The average Bonchev–Trinajstić information content (AvgIpc) is 3.23. The van der Waals surface area contributed by atoms with Gasteiger partial charge in [0.05, 0.1) is 23.7 Å². The van der Waals surface area contributed by atoms with Crippen molar-refractivity contribution in [3.05, 3.63) is 88.3 Å². The number of carbonyl (C=O) groups is 1. The molecule has 2 aromatic carbocycles. The van der Waals surface area contributed by atoms with Crippen LogP contribution in [0.2, 0.25) is 0 Å². The summed E-state index contributed by atoms with van der Waals surface area (Å²) in [6.45, 7) is 4.95. The van der Waals surface area contributed by atoms with Crippen molar-refractivity contribution in [1.29, 1.82) is 0 Å². The van der Waals surface area contributed by atoms with E-state index in [2.05, 4.69) is 15.4 Å². The minimum Gasteiger partial charge on any atom is -0.494 e. The second kappa shape index (κ2) is 10.2. The Kier molecular flexibility index (Phi) is 6.95. The summed E-state index contributed by atoms with van der Waals surface area (Å²) in [4.78, 5) is 30.3. The van der Waals surface area contributed by atoms with Gasteiger partial charge in [0.25, 0.3) is 11.5 Å². The van der Waals surface area contributed by atoms with Gasteiger partial charge in [0, 0.05) is 23.7 Å². The summed E-state index contributed by atoms with van der Waals surface area (Å²) in [5, 5.41) is 8.26. The lowest BCUT2D eigenvalue weighted by molar-refractivity contribution is 0.0951. The van der Waals surface area contributed by atoms with E-state index in [-0.39, 0.29) is 24.6 Å². The first-order chi connectivity index (χ1) is 16.0. The molecule has 0 saturated carbocycles. The maximum absolute atomic E-state index is 12.4. The van der Waals surface area contributed by atoms with Gasteiger partial charge in [0.15, 0.2) is 0 Å². The van der Waals surface area contributed by atoms with Crippen LogP contribution in [0.4, 0.5) is 0 Å². The van der Waals surface area contributed by atoms with Crippen molar-refractivity contribution in [2.24, 2.45) is 0 Å². The second-order valence-electron chi connectivity index (χ2n) is 7.29. The number of nitrogens with one attached hydrogen (secondary N) is 1. The number of aryl methyl sites for hydroxylation is 1. The maximum atomic E-state index is 12.4. The summed E-state index contributed by atoms with van der Waals surface area (Å²) in [5.74, 6) is 0.503. The molecule has 2 aromatic heterocycles. The van der Waals surface area contributed by atoms with Crippen molar-refractivity contribution in [2.45, 2.75) is 20.4 Å². The topological polar surface area (TPSA) is 86.1 Å². The summed E-state index contributed by atoms with van der Waals surface area (Å²) < 4.78 is 6.76. The summed E-state index contributed by atoms with van der Waals surface area (Å²) in [7, 11) is 0. The normalized spacial score (nSPS) is 10.7. The van der Waals surface area contributed by atoms with Gasteiger partial charge in [-0.15, -0.1) is 11.3 Å². The molecule has 0 fully saturated rings. The summed E-state index contributed by atoms with van der Waals surface area (Å²) in [6.07, 6.45) is 0. The maximum Gasteiger partial charge on any atom is 0.266 e. The number of aromatic nitrogens is 3. The third-order valence-electron chi connectivity index (χ3n) is 4.95. The standard InChI is InChI=1S/C25H24N4O3S/c1-3-32-20-11-9-18(10-12-20)24(31)26-15-16-29-22(30)14-13-21(28-29)23-17(2)27-25(33-23)19-7-5-4-6-8-19/h4-14H,3,15-16H2,1-2H3,(H,26,31). The molecule has 4 aromatic rings. The van der Waals surface area contributed by atoms with Gasteiger partial charge in [-0.05, 0) is 44.2 Å². The number of nitrogens with zero attached hydrogens (tertiary/aromatic N) is 3. The first-order valence-electron chi connectivity index (χ1n) is 10.7. The Morgan fingerprint density at radius 3 is 2.55 bits per heavy atom. The number of benzene rings is 2. The number of thiazole rings is 1. The van der Waals surface area contributed by atoms with E-state index >= 15 is 0 Å². The summed E-state index contributed by atoms with van der Waals surface area (Å²) >= 11 is 1.54. The lowest BCUT2D eigenvalue weighted by Crippen LogP contribution is -2.31. The van der Waals surface area contributed by atoms with Crippen LogP contribution in [0.3, 0.4) is 0 Å². The molecule has 0 bridgehead atoms. The van der Waals surface area contributed by atoms with Gasteiger partial charge < -0.3 is 10.1 Å². The van der Waals surface area contributed by atoms with Crippen molar-refractivity contribution in [3.63, 3.8) is 0 Å². The molecule has 0 atom stereocenters. The van der Waals surface area contributed by atoms with E-state index in [1.807, 2.05) is 44.2 Å². The van der Waals surface area contributed by atoms with Gasteiger partial charge in [-0.1, -0.05) is 30.3 Å². The van der Waals surface area contributed by atoms with Gasteiger partial charge >= 0.3 is 0 Å². The van der Waals surface area contributed by atoms with E-state index in [0.29, 0.717) is 17.9 Å². The molecule has 0 radical (unpaired) electrons. The largest absolute Gasteiger partial charge is 0.494 e. The van der Waals surface area contributed by atoms with Crippen molar-refractivity contribution >= 4 is 17.2 Å². The van der Waals surface area contributed by atoms with Gasteiger partial charge in [-0.25, -0.2) is 9.67 Å². The zero-order valence-corrected chi connectivity index (χ0v) is 19.3. The Hall–Kier alpha value is -3.78. The van der Waals surface area contributed by atoms with E-state index in [1.54, 1.807) is 41.7 Å². The molecule has 2 heterocycles. The Labute approximate surface area is 195 Å². The molecule has 0 aliphatic rings. The van der Waals surface area contributed by atoms with Crippen LogP contribution >= 0.6 is 11.3 Å². The SMILES string of the molecule is CCOc1ccc(C(=O)NCCn2nc(-c3sc(-c4ccccc4)nc3C)ccc2=O)cc1. The molecular weight excluding hydrogens is 436 g/mol. The predicted molar refractivity (Wildman–Crippen MR) is 130 cm³/mol. The van der Waals surface area contributed by atoms with E-state index in [1.165, 1.54) is 10.7 Å². The Bertz CT molecular complexity index is 1300. The van der Waals surface area contributed by atoms with E-state index in [4.69, 9.17) is 4.74 Å². The van der Waals surface area contributed by atoms with Crippen molar-refractivity contribution in [2.75, 3.05) is 13.2 Å². The number of hydrogen-bond donors (Lipinski definition) is 1. The van der Waals surface area contributed by atoms with Crippen molar-refractivity contribution in [1.82, 2.24) is 20.1 Å². The van der Waals surface area contributed by atoms with Crippen LogP contribution in [0.1, 0.15) is 23.0 Å². The van der Waals surface area contributed by atoms with Crippen LogP contribution in [0.5, 0.6) is 5.75 Å². The molecule has 0 unspecified atom stereocenters. The smallest absolute Gasteiger partial charge is 0.266 e. The van der Waals surface area contributed by atoms with Crippen LogP contribution in [0.25, 0.3) is 21.1 Å². The van der Waals surface area contributed by atoms with Crippen LogP contribution in [-0.4, -0.2) is 33.8 Å². The number of carbonyl (C=O) groups excluding carboxylic acids is 1. The minimum absolute atomic E-state index is 0.215. The van der Waals surface area contributed by atoms with E-state index < -0.39 is 0 Å². The molecule has 7 nitrogen and oxygen atoms in total. The highest BCUT2D eigenvalue weighted by Gasteiger charge is 2.14. The Balaban J connectivity index is 1.44. The van der Waals surface area contributed by atoms with Gasteiger partial charge in [0.1, 0.15) is 16.5 Å². The Morgan fingerprint density at radius 2 is 1.82 bits per heavy atom. The van der Waals surface area contributed by atoms with Gasteiger partial charge in [-0.2, -0.15) is 5.10 Å². The highest BCUT2D eigenvalue weighted by molar-refractivity contribution is 7.18. The molecule has 8 heteroatoms. The van der Waals surface area contributed by atoms with E-state index in [0.717, 1.165) is 26.9 Å². The van der Waals surface area contributed by atoms with Crippen molar-refractivity contribution < 1.29 is 9.53 Å². The quantitative estimate of drug-likeness (QED) is 0.427. The first kappa shape index (κ1) is 22.4. The molecule has 0 aliphatic heterocycles. The van der Waals surface area contributed by atoms with Crippen molar-refractivity contribution in [3.8, 4) is 26.9 Å². The highest BCUT2D eigenvalue weighted by Crippen LogP contribution is 2.33. The number of ether oxygens (including phenoxy) is 1. The van der Waals surface area contributed by atoms with Crippen LogP contribution < -0.4 is 15.6 Å². The number of amides is 1. The molecule has 4 rings (SSSR count). The van der Waals surface area contributed by atoms with E-state index in [9.17, 15) is 9.59 Å². The van der Waals surface area contributed by atoms with Gasteiger partial charge in [-0.3, -0.25) is 9.59 Å². The zero-order chi connectivity index (χ0) is 23.2.